The quantitative estimate of drug-likeness (QED) is 0.676. The molecule has 0 heterocycles. The molecule has 3 rings (SSSR count). The van der Waals surface area contributed by atoms with E-state index in [0.717, 1.165) is 5.75 Å². The van der Waals surface area contributed by atoms with Crippen LogP contribution in [0.1, 0.15) is 21.5 Å². The van der Waals surface area contributed by atoms with Crippen molar-refractivity contribution in [2.24, 2.45) is 0 Å². The summed E-state index contributed by atoms with van der Waals surface area (Å²) in [5.74, 6) is 1.73. The molecule has 4 nitrogen and oxygen atoms in total. The molecule has 0 atom stereocenters. The van der Waals surface area contributed by atoms with E-state index in [0.29, 0.717) is 22.7 Å². The van der Waals surface area contributed by atoms with E-state index in [2.05, 4.69) is 12.2 Å². The first kappa shape index (κ1) is 17.5. The third-order valence-corrected chi connectivity index (χ3v) is 4.16. The number of aryl methyl sites for hydroxylation is 2. The van der Waals surface area contributed by atoms with Crippen LogP contribution in [0, 0.1) is 13.8 Å². The standard InChI is InChI=1S/C22H21NO3/c1-15-11-12-19(13-16(15)2)26-18-8-6-7-17(14-18)23-22(24)20-9-4-5-10-21(20)25-3/h4-14H,1-3H3,(H,23,24). The van der Waals surface area contributed by atoms with Gasteiger partial charge in [0, 0.05) is 11.8 Å². The minimum Gasteiger partial charge on any atom is -0.496 e. The van der Waals surface area contributed by atoms with Crippen LogP contribution in [0.5, 0.6) is 17.2 Å². The highest BCUT2D eigenvalue weighted by Crippen LogP contribution is 2.26. The van der Waals surface area contributed by atoms with Crippen molar-refractivity contribution < 1.29 is 14.3 Å². The highest BCUT2D eigenvalue weighted by Gasteiger charge is 2.12. The third-order valence-electron chi connectivity index (χ3n) is 4.16. The van der Waals surface area contributed by atoms with E-state index in [1.165, 1.54) is 11.1 Å². The minimum atomic E-state index is -0.231. The van der Waals surface area contributed by atoms with Gasteiger partial charge in [0.2, 0.25) is 0 Å². The van der Waals surface area contributed by atoms with E-state index in [1.807, 2.05) is 49.4 Å². The largest absolute Gasteiger partial charge is 0.496 e. The summed E-state index contributed by atoms with van der Waals surface area (Å²) < 4.78 is 11.2. The molecule has 26 heavy (non-hydrogen) atoms. The summed E-state index contributed by atoms with van der Waals surface area (Å²) >= 11 is 0. The molecule has 0 aliphatic rings. The molecular formula is C22H21NO3. The van der Waals surface area contributed by atoms with Crippen LogP contribution in [0.25, 0.3) is 0 Å². The van der Waals surface area contributed by atoms with Gasteiger partial charge in [0.1, 0.15) is 17.2 Å². The van der Waals surface area contributed by atoms with Gasteiger partial charge in [-0.2, -0.15) is 0 Å². The van der Waals surface area contributed by atoms with Crippen molar-refractivity contribution in [2.75, 3.05) is 12.4 Å². The zero-order chi connectivity index (χ0) is 18.5. The van der Waals surface area contributed by atoms with Gasteiger partial charge >= 0.3 is 0 Å². The molecule has 132 valence electrons. The first-order valence-corrected chi connectivity index (χ1v) is 8.36. The van der Waals surface area contributed by atoms with Crippen LogP contribution in [0.4, 0.5) is 5.69 Å². The lowest BCUT2D eigenvalue weighted by atomic mass is 10.1. The number of hydrogen-bond donors (Lipinski definition) is 1. The molecule has 0 spiro atoms. The number of hydrogen-bond acceptors (Lipinski definition) is 3. The van der Waals surface area contributed by atoms with Crippen LogP contribution in [0.3, 0.4) is 0 Å². The van der Waals surface area contributed by atoms with Crippen LogP contribution in [0.15, 0.2) is 66.7 Å². The number of ether oxygens (including phenoxy) is 2. The number of nitrogens with one attached hydrogen (secondary N) is 1. The Bertz CT molecular complexity index is 934. The van der Waals surface area contributed by atoms with Gasteiger partial charge in [-0.05, 0) is 61.4 Å². The lowest BCUT2D eigenvalue weighted by Gasteiger charge is -2.11. The van der Waals surface area contributed by atoms with Crippen molar-refractivity contribution in [1.82, 2.24) is 0 Å². The van der Waals surface area contributed by atoms with Crippen molar-refractivity contribution in [1.29, 1.82) is 0 Å². The highest BCUT2D eigenvalue weighted by molar-refractivity contribution is 6.06. The molecule has 0 radical (unpaired) electrons. The smallest absolute Gasteiger partial charge is 0.259 e. The van der Waals surface area contributed by atoms with E-state index in [4.69, 9.17) is 9.47 Å². The maximum Gasteiger partial charge on any atom is 0.259 e. The van der Waals surface area contributed by atoms with Gasteiger partial charge in [-0.1, -0.05) is 24.3 Å². The van der Waals surface area contributed by atoms with E-state index < -0.39 is 0 Å². The molecule has 4 heteroatoms. The number of benzene rings is 3. The van der Waals surface area contributed by atoms with E-state index in [-0.39, 0.29) is 5.91 Å². The number of rotatable bonds is 5. The lowest BCUT2D eigenvalue weighted by Crippen LogP contribution is -2.13. The van der Waals surface area contributed by atoms with Gasteiger partial charge in [0.25, 0.3) is 5.91 Å². The lowest BCUT2D eigenvalue weighted by molar-refractivity contribution is 0.102. The Labute approximate surface area is 153 Å². The summed E-state index contributed by atoms with van der Waals surface area (Å²) in [5.41, 5.74) is 3.52. The molecule has 3 aromatic carbocycles. The fourth-order valence-corrected chi connectivity index (χ4v) is 2.58. The molecule has 0 unspecified atom stereocenters. The molecule has 1 amide bonds. The second-order valence-electron chi connectivity index (χ2n) is 6.03. The van der Waals surface area contributed by atoms with Crippen molar-refractivity contribution in [3.05, 3.63) is 83.4 Å². The number of amides is 1. The van der Waals surface area contributed by atoms with Gasteiger partial charge in [0.05, 0.1) is 12.7 Å². The number of carbonyl (C=O) groups is 1. The molecule has 0 bridgehead atoms. The van der Waals surface area contributed by atoms with Crippen LogP contribution >= 0.6 is 0 Å². The first-order valence-electron chi connectivity index (χ1n) is 8.36. The topological polar surface area (TPSA) is 47.6 Å². The SMILES string of the molecule is COc1ccccc1C(=O)Nc1cccc(Oc2ccc(C)c(C)c2)c1. The Morgan fingerprint density at radius 1 is 0.846 bits per heavy atom. The van der Waals surface area contributed by atoms with Gasteiger partial charge in [0.15, 0.2) is 0 Å². The molecule has 0 aliphatic heterocycles. The fourth-order valence-electron chi connectivity index (χ4n) is 2.58. The molecule has 0 saturated carbocycles. The molecule has 1 N–H and O–H groups in total. The predicted octanol–water partition coefficient (Wildman–Crippen LogP) is 5.36. The molecule has 0 fully saturated rings. The Morgan fingerprint density at radius 2 is 1.62 bits per heavy atom. The second kappa shape index (κ2) is 7.74. The Morgan fingerprint density at radius 3 is 2.38 bits per heavy atom. The average molecular weight is 347 g/mol. The van der Waals surface area contributed by atoms with Crippen LogP contribution in [-0.4, -0.2) is 13.0 Å². The van der Waals surface area contributed by atoms with Crippen molar-refractivity contribution in [2.45, 2.75) is 13.8 Å². The maximum absolute atomic E-state index is 12.5. The van der Waals surface area contributed by atoms with Gasteiger partial charge in [-0.25, -0.2) is 0 Å². The number of para-hydroxylation sites is 1. The van der Waals surface area contributed by atoms with Gasteiger partial charge < -0.3 is 14.8 Å². The van der Waals surface area contributed by atoms with E-state index >= 15 is 0 Å². The monoisotopic (exact) mass is 347 g/mol. The summed E-state index contributed by atoms with van der Waals surface area (Å²) in [4.78, 5) is 12.5. The zero-order valence-corrected chi connectivity index (χ0v) is 15.1. The van der Waals surface area contributed by atoms with Crippen LogP contribution in [-0.2, 0) is 0 Å². The summed E-state index contributed by atoms with van der Waals surface area (Å²) in [7, 11) is 1.55. The number of methoxy groups -OCH3 is 1. The van der Waals surface area contributed by atoms with Crippen molar-refractivity contribution >= 4 is 11.6 Å². The van der Waals surface area contributed by atoms with E-state index in [1.54, 1.807) is 31.4 Å². The Balaban J connectivity index is 1.76. The zero-order valence-electron chi connectivity index (χ0n) is 15.1. The summed E-state index contributed by atoms with van der Waals surface area (Å²) in [6, 6.07) is 20.4. The van der Waals surface area contributed by atoms with Gasteiger partial charge in [-0.15, -0.1) is 0 Å². The van der Waals surface area contributed by atoms with Gasteiger partial charge in [-0.3, -0.25) is 4.79 Å². The fraction of sp³-hybridized carbons (Fsp3) is 0.136. The number of anilines is 1. The summed E-state index contributed by atoms with van der Waals surface area (Å²) in [6.45, 7) is 4.11. The van der Waals surface area contributed by atoms with Crippen LogP contribution < -0.4 is 14.8 Å². The van der Waals surface area contributed by atoms with Crippen LogP contribution in [0.2, 0.25) is 0 Å². The molecule has 0 saturated heterocycles. The predicted molar refractivity (Wildman–Crippen MR) is 103 cm³/mol. The highest BCUT2D eigenvalue weighted by atomic mass is 16.5. The Kier molecular flexibility index (Phi) is 5.23. The second-order valence-corrected chi connectivity index (χ2v) is 6.03. The summed E-state index contributed by atoms with van der Waals surface area (Å²) in [5, 5.41) is 2.88. The third kappa shape index (κ3) is 4.03. The average Bonchev–Trinajstić information content (AvgIpc) is 2.65. The van der Waals surface area contributed by atoms with E-state index in [9.17, 15) is 4.79 Å². The molecule has 0 aliphatic carbocycles. The van der Waals surface area contributed by atoms with Crippen molar-refractivity contribution in [3.63, 3.8) is 0 Å². The van der Waals surface area contributed by atoms with Crippen molar-refractivity contribution in [3.8, 4) is 17.2 Å². The minimum absolute atomic E-state index is 0.231. The number of carbonyl (C=O) groups excluding carboxylic acids is 1. The maximum atomic E-state index is 12.5. The molecular weight excluding hydrogens is 326 g/mol. The summed E-state index contributed by atoms with van der Waals surface area (Å²) in [6.07, 6.45) is 0. The Hall–Kier alpha value is -3.27. The molecule has 0 aromatic heterocycles. The molecule has 3 aromatic rings. The first-order chi connectivity index (χ1) is 12.6. The normalized spacial score (nSPS) is 10.3.